The first kappa shape index (κ1) is 15.3. The van der Waals surface area contributed by atoms with Crippen LogP contribution in [0.3, 0.4) is 0 Å². The number of hydrogen-bond acceptors (Lipinski definition) is 7. The van der Waals surface area contributed by atoms with Gasteiger partial charge in [-0.2, -0.15) is 0 Å². The fourth-order valence-electron chi connectivity index (χ4n) is 1.25. The Hall–Kier alpha value is -1.12. The highest BCUT2D eigenvalue weighted by Gasteiger charge is 2.25. The quantitative estimate of drug-likeness (QED) is 0.756. The Morgan fingerprint density at radius 2 is 1.50 bits per heavy atom. The molecule has 0 saturated heterocycles. The Bertz CT molecular complexity index is 484. The Balaban J connectivity index is 2.19. The minimum atomic E-state index is 0.125. The van der Waals surface area contributed by atoms with Crippen LogP contribution in [0.4, 0.5) is 0 Å². The predicted octanol–water partition coefficient (Wildman–Crippen LogP) is 2.21. The van der Waals surface area contributed by atoms with Crippen molar-refractivity contribution in [2.75, 3.05) is 6.54 Å². The molecule has 0 aliphatic carbocycles. The maximum atomic E-state index is 5.88. The van der Waals surface area contributed by atoms with E-state index in [4.69, 9.17) is 46.4 Å². The third kappa shape index (κ3) is 3.31. The van der Waals surface area contributed by atoms with E-state index in [-0.39, 0.29) is 20.4 Å². The van der Waals surface area contributed by atoms with Crippen LogP contribution in [-0.2, 0) is 0 Å². The maximum Gasteiger partial charge on any atom is 0.172 e. The molecule has 0 bridgehead atoms. The van der Waals surface area contributed by atoms with Crippen molar-refractivity contribution in [1.29, 1.82) is 0 Å². The lowest BCUT2D eigenvalue weighted by molar-refractivity contribution is -0.217. The Labute approximate surface area is 135 Å². The van der Waals surface area contributed by atoms with Crippen LogP contribution in [0, 0.1) is 0 Å². The summed E-state index contributed by atoms with van der Waals surface area (Å²) in [7, 11) is 0. The number of hydrazine groups is 4. The fraction of sp³-hybridized carbons (Fsp3) is 0.111. The molecule has 2 N–H and O–H groups in total. The van der Waals surface area contributed by atoms with Crippen LogP contribution in [0.15, 0.2) is 45.3 Å². The van der Waals surface area contributed by atoms with Crippen LogP contribution < -0.4 is 10.9 Å². The van der Waals surface area contributed by atoms with Gasteiger partial charge in [-0.15, -0.1) is 27.2 Å². The van der Waals surface area contributed by atoms with E-state index in [1.165, 1.54) is 28.0 Å². The summed E-state index contributed by atoms with van der Waals surface area (Å²) in [6, 6.07) is 0. The predicted molar refractivity (Wildman–Crippen MR) is 81.3 cm³/mol. The summed E-state index contributed by atoms with van der Waals surface area (Å²) in [6.45, 7) is 4.01. The first-order chi connectivity index (χ1) is 9.52. The van der Waals surface area contributed by atoms with Crippen molar-refractivity contribution in [3.63, 3.8) is 0 Å². The molecule has 0 aromatic rings. The first-order valence-corrected chi connectivity index (χ1v) is 6.75. The SMILES string of the molecule is C=CCN(N1N=C(Cl)C(Cl)=CN1)N1N=C(Cl)C(Cl)=CN1. The van der Waals surface area contributed by atoms with Gasteiger partial charge in [0.15, 0.2) is 10.3 Å². The van der Waals surface area contributed by atoms with Gasteiger partial charge < -0.3 is 0 Å². The second-order valence-electron chi connectivity index (χ2n) is 3.45. The molecule has 0 saturated carbocycles. The van der Waals surface area contributed by atoms with Crippen LogP contribution in [-0.4, -0.2) is 32.5 Å². The second kappa shape index (κ2) is 6.55. The van der Waals surface area contributed by atoms with E-state index in [9.17, 15) is 0 Å². The monoisotopic (exact) mass is 355 g/mol. The van der Waals surface area contributed by atoms with Gasteiger partial charge >= 0.3 is 0 Å². The molecule has 2 heterocycles. The van der Waals surface area contributed by atoms with E-state index in [2.05, 4.69) is 27.6 Å². The normalized spacial score (nSPS) is 18.6. The molecule has 2 rings (SSSR count). The van der Waals surface area contributed by atoms with Crippen molar-refractivity contribution in [1.82, 2.24) is 26.4 Å². The highest BCUT2D eigenvalue weighted by molar-refractivity contribution is 6.76. The smallest absolute Gasteiger partial charge is 0.172 e. The lowest BCUT2D eigenvalue weighted by Crippen LogP contribution is -2.58. The molecule has 2 aliphatic rings. The van der Waals surface area contributed by atoms with Crippen molar-refractivity contribution in [3.8, 4) is 0 Å². The van der Waals surface area contributed by atoms with Crippen LogP contribution >= 0.6 is 46.4 Å². The summed E-state index contributed by atoms with van der Waals surface area (Å²) >= 11 is 23.4. The van der Waals surface area contributed by atoms with Crippen molar-refractivity contribution in [2.24, 2.45) is 10.2 Å². The van der Waals surface area contributed by atoms with Crippen LogP contribution in [0.1, 0.15) is 0 Å². The zero-order valence-corrected chi connectivity index (χ0v) is 12.9. The average Bonchev–Trinajstić information content (AvgIpc) is 2.43. The summed E-state index contributed by atoms with van der Waals surface area (Å²) in [5.41, 5.74) is 5.61. The van der Waals surface area contributed by atoms with Gasteiger partial charge in [-0.3, -0.25) is 10.9 Å². The third-order valence-electron chi connectivity index (χ3n) is 2.10. The molecule has 0 aromatic carbocycles. The summed E-state index contributed by atoms with van der Waals surface area (Å²) in [4.78, 5) is 0. The fourth-order valence-corrected chi connectivity index (χ4v) is 1.68. The number of halogens is 4. The van der Waals surface area contributed by atoms with E-state index in [1.807, 2.05) is 0 Å². The Morgan fingerprint density at radius 1 is 1.05 bits per heavy atom. The van der Waals surface area contributed by atoms with Crippen LogP contribution in [0.5, 0.6) is 0 Å². The van der Waals surface area contributed by atoms with Crippen LogP contribution in [0.25, 0.3) is 0 Å². The molecule has 108 valence electrons. The highest BCUT2D eigenvalue weighted by atomic mass is 35.5. The van der Waals surface area contributed by atoms with Gasteiger partial charge in [-0.05, 0) is 0 Å². The van der Waals surface area contributed by atoms with Crippen molar-refractivity contribution >= 4 is 56.7 Å². The molecule has 20 heavy (non-hydrogen) atoms. The first-order valence-electron chi connectivity index (χ1n) is 5.24. The summed E-state index contributed by atoms with van der Waals surface area (Å²) in [6.07, 6.45) is 4.59. The van der Waals surface area contributed by atoms with Gasteiger partial charge in [0.25, 0.3) is 0 Å². The third-order valence-corrected chi connectivity index (χ3v) is 3.43. The molecule has 0 radical (unpaired) electrons. The molecule has 7 nitrogen and oxygen atoms in total. The molecular formula is C9H9Cl4N7. The average molecular weight is 357 g/mol. The molecular weight excluding hydrogens is 348 g/mol. The zero-order chi connectivity index (χ0) is 14.7. The van der Waals surface area contributed by atoms with Gasteiger partial charge in [-0.25, -0.2) is 0 Å². The molecule has 0 amide bonds. The molecule has 0 unspecified atom stereocenters. The van der Waals surface area contributed by atoms with Crippen molar-refractivity contribution in [3.05, 3.63) is 35.1 Å². The standard InChI is InChI=1S/C9H9Cl4N7/c1-2-3-18(19-14-4-6(10)8(12)16-19)20-15-5-7(11)9(13)17-20/h2,4-5,14-15H,1,3H2. The zero-order valence-electron chi connectivity index (χ0n) is 9.89. The number of allylic oxidation sites excluding steroid dienone is 2. The van der Waals surface area contributed by atoms with Crippen molar-refractivity contribution in [2.45, 2.75) is 0 Å². The van der Waals surface area contributed by atoms with E-state index in [1.54, 1.807) is 6.08 Å². The van der Waals surface area contributed by atoms with E-state index < -0.39 is 0 Å². The second-order valence-corrected chi connectivity index (χ2v) is 4.98. The molecule has 0 spiro atoms. The van der Waals surface area contributed by atoms with E-state index in [0.717, 1.165) is 0 Å². The summed E-state index contributed by atoms with van der Waals surface area (Å²) in [5, 5.41) is 13.0. The lowest BCUT2D eigenvalue weighted by atomic mass is 10.6. The lowest BCUT2D eigenvalue weighted by Gasteiger charge is -2.38. The summed E-state index contributed by atoms with van der Waals surface area (Å²) < 4.78 is 0. The van der Waals surface area contributed by atoms with E-state index >= 15 is 0 Å². The number of nitrogens with one attached hydrogen (secondary N) is 2. The number of hydrazone groups is 2. The molecule has 0 fully saturated rings. The molecule has 2 aliphatic heterocycles. The van der Waals surface area contributed by atoms with Crippen molar-refractivity contribution < 1.29 is 0 Å². The largest absolute Gasteiger partial charge is 0.271 e. The summed E-state index contributed by atoms with van der Waals surface area (Å²) in [5.74, 6) is 0. The van der Waals surface area contributed by atoms with Gasteiger partial charge in [0.1, 0.15) is 0 Å². The van der Waals surface area contributed by atoms with Gasteiger partial charge in [0, 0.05) is 12.4 Å². The maximum absolute atomic E-state index is 5.88. The molecule has 0 atom stereocenters. The minimum Gasteiger partial charge on any atom is -0.271 e. The van der Waals surface area contributed by atoms with Gasteiger partial charge in [-0.1, -0.05) is 57.6 Å². The molecule has 0 aromatic heterocycles. The van der Waals surface area contributed by atoms with Gasteiger partial charge in [0.05, 0.1) is 16.6 Å². The number of hydrogen-bond donors (Lipinski definition) is 2. The molecule has 11 heteroatoms. The Morgan fingerprint density at radius 3 is 1.85 bits per heavy atom. The highest BCUT2D eigenvalue weighted by Crippen LogP contribution is 2.17. The van der Waals surface area contributed by atoms with Gasteiger partial charge in [0.2, 0.25) is 0 Å². The topological polar surface area (TPSA) is 58.5 Å². The number of rotatable bonds is 4. The van der Waals surface area contributed by atoms with E-state index in [0.29, 0.717) is 6.54 Å². The Kier molecular flexibility index (Phi) is 5.00. The van der Waals surface area contributed by atoms with Crippen LogP contribution in [0.2, 0.25) is 0 Å². The minimum absolute atomic E-state index is 0.125. The number of nitrogens with zero attached hydrogens (tertiary/aromatic N) is 5.